The number of hydrogen-bond acceptors (Lipinski definition) is 2. The fourth-order valence-electron chi connectivity index (χ4n) is 4.54. The van der Waals surface area contributed by atoms with Crippen LogP contribution in [0, 0.1) is 17.2 Å². The van der Waals surface area contributed by atoms with E-state index in [0.29, 0.717) is 18.2 Å². The van der Waals surface area contributed by atoms with Crippen LogP contribution in [0.5, 0.6) is 0 Å². The van der Waals surface area contributed by atoms with E-state index in [-0.39, 0.29) is 41.7 Å². The Morgan fingerprint density at radius 3 is 2.46 bits per heavy atom. The van der Waals surface area contributed by atoms with Crippen LogP contribution in [0.25, 0.3) is 0 Å². The Morgan fingerprint density at radius 1 is 1.15 bits per heavy atom. The molecular weight excluding hydrogens is 333 g/mol. The number of carbonyl (C=O) groups is 2. The molecular formula is C20H28FN3O2. The maximum Gasteiger partial charge on any atom is 0.315 e. The summed E-state index contributed by atoms with van der Waals surface area (Å²) >= 11 is 0. The maximum absolute atomic E-state index is 13.1. The van der Waals surface area contributed by atoms with Gasteiger partial charge in [-0.05, 0) is 54.9 Å². The Kier molecular flexibility index (Phi) is 5.21. The summed E-state index contributed by atoms with van der Waals surface area (Å²) in [6.07, 6.45) is 3.39. The van der Waals surface area contributed by atoms with Gasteiger partial charge >= 0.3 is 6.03 Å². The van der Waals surface area contributed by atoms with Crippen LogP contribution in [0.3, 0.4) is 0 Å². The number of nitrogens with zero attached hydrogens (tertiary/aromatic N) is 1. The molecule has 26 heavy (non-hydrogen) atoms. The molecule has 1 aliphatic heterocycles. The van der Waals surface area contributed by atoms with Gasteiger partial charge in [0.25, 0.3) is 0 Å². The first-order chi connectivity index (χ1) is 12.2. The quantitative estimate of drug-likeness (QED) is 0.866. The molecule has 3 atom stereocenters. The molecule has 0 radical (unpaired) electrons. The van der Waals surface area contributed by atoms with Gasteiger partial charge in [-0.2, -0.15) is 0 Å². The molecule has 0 aromatic heterocycles. The van der Waals surface area contributed by atoms with Crippen molar-refractivity contribution < 1.29 is 14.0 Å². The first-order valence-electron chi connectivity index (χ1n) is 9.35. The molecule has 3 amide bonds. The van der Waals surface area contributed by atoms with Gasteiger partial charge in [0, 0.05) is 24.7 Å². The summed E-state index contributed by atoms with van der Waals surface area (Å²) in [6, 6.07) is 5.56. The Labute approximate surface area is 154 Å². The Bertz CT molecular complexity index is 674. The monoisotopic (exact) mass is 361 g/mol. The number of benzene rings is 1. The summed E-state index contributed by atoms with van der Waals surface area (Å²) in [7, 11) is 0. The van der Waals surface area contributed by atoms with Crippen molar-refractivity contribution in [3.8, 4) is 0 Å². The molecule has 2 fully saturated rings. The molecule has 0 bridgehead atoms. The van der Waals surface area contributed by atoms with Gasteiger partial charge in [-0.15, -0.1) is 0 Å². The molecule has 2 aliphatic rings. The van der Waals surface area contributed by atoms with Gasteiger partial charge in [0.15, 0.2) is 0 Å². The summed E-state index contributed by atoms with van der Waals surface area (Å²) in [5, 5.41) is 6.00. The van der Waals surface area contributed by atoms with Gasteiger partial charge in [0.2, 0.25) is 5.91 Å². The third-order valence-corrected chi connectivity index (χ3v) is 5.32. The topological polar surface area (TPSA) is 61.4 Å². The zero-order chi connectivity index (χ0) is 18.9. The zero-order valence-corrected chi connectivity index (χ0v) is 15.7. The lowest BCUT2D eigenvalue weighted by atomic mass is 9.71. The summed E-state index contributed by atoms with van der Waals surface area (Å²) in [5.41, 5.74) is 0.891. The standard InChI is InChI=1S/C20H28FN3O2/c1-13-8-15(11-20(2,3)10-13)22-19(26)23-16-9-18(25)24(12-16)17-6-4-14(21)5-7-17/h4-7,13,15-16H,8-12H2,1-3H3,(H2,22,23,26)/t13-,15+,16+/m0/s1. The first kappa shape index (κ1) is 18.7. The molecule has 6 heteroatoms. The summed E-state index contributed by atoms with van der Waals surface area (Å²) in [4.78, 5) is 26.2. The zero-order valence-electron chi connectivity index (χ0n) is 15.7. The van der Waals surface area contributed by atoms with Crippen molar-refractivity contribution in [1.82, 2.24) is 10.6 Å². The summed E-state index contributed by atoms with van der Waals surface area (Å²) in [6.45, 7) is 7.12. The molecule has 1 aromatic rings. The number of hydrogen-bond donors (Lipinski definition) is 2. The van der Waals surface area contributed by atoms with Crippen molar-refractivity contribution in [2.75, 3.05) is 11.4 Å². The van der Waals surface area contributed by atoms with Crippen LogP contribution in [0.2, 0.25) is 0 Å². The Hall–Kier alpha value is -2.11. The van der Waals surface area contributed by atoms with E-state index >= 15 is 0 Å². The number of anilines is 1. The van der Waals surface area contributed by atoms with Crippen molar-refractivity contribution in [2.45, 2.75) is 58.5 Å². The Balaban J connectivity index is 1.54. The van der Waals surface area contributed by atoms with E-state index in [0.717, 1.165) is 12.8 Å². The first-order valence-corrected chi connectivity index (χ1v) is 9.35. The molecule has 1 saturated carbocycles. The molecule has 5 nitrogen and oxygen atoms in total. The fraction of sp³-hybridized carbons (Fsp3) is 0.600. The summed E-state index contributed by atoms with van der Waals surface area (Å²) < 4.78 is 13.1. The summed E-state index contributed by atoms with van der Waals surface area (Å²) in [5.74, 6) is 0.194. The fourth-order valence-corrected chi connectivity index (χ4v) is 4.54. The minimum Gasteiger partial charge on any atom is -0.335 e. The number of halogens is 1. The largest absolute Gasteiger partial charge is 0.335 e. The van der Waals surface area contributed by atoms with Gasteiger partial charge in [0.05, 0.1) is 6.04 Å². The normalized spacial score (nSPS) is 28.1. The molecule has 142 valence electrons. The second-order valence-corrected chi connectivity index (χ2v) is 8.61. The van der Waals surface area contributed by atoms with Gasteiger partial charge in [-0.3, -0.25) is 4.79 Å². The predicted octanol–water partition coefficient (Wildman–Crippen LogP) is 3.45. The van der Waals surface area contributed by atoms with Crippen LogP contribution in [-0.2, 0) is 4.79 Å². The van der Waals surface area contributed by atoms with E-state index in [2.05, 4.69) is 31.4 Å². The molecule has 0 unspecified atom stereocenters. The van der Waals surface area contributed by atoms with E-state index in [1.807, 2.05) is 0 Å². The van der Waals surface area contributed by atoms with Crippen LogP contribution in [-0.4, -0.2) is 30.6 Å². The highest BCUT2D eigenvalue weighted by Gasteiger charge is 2.34. The van der Waals surface area contributed by atoms with Gasteiger partial charge < -0.3 is 15.5 Å². The second-order valence-electron chi connectivity index (χ2n) is 8.61. The highest BCUT2D eigenvalue weighted by Crippen LogP contribution is 2.38. The van der Waals surface area contributed by atoms with E-state index in [4.69, 9.17) is 0 Å². The lowest BCUT2D eigenvalue weighted by Gasteiger charge is -2.39. The highest BCUT2D eigenvalue weighted by atomic mass is 19.1. The molecule has 0 spiro atoms. The van der Waals surface area contributed by atoms with Crippen LogP contribution in [0.1, 0.15) is 46.5 Å². The molecule has 1 aliphatic carbocycles. The molecule has 1 heterocycles. The average Bonchev–Trinajstić information content (AvgIpc) is 2.86. The average molecular weight is 361 g/mol. The van der Waals surface area contributed by atoms with E-state index in [9.17, 15) is 14.0 Å². The number of urea groups is 1. The minimum atomic E-state index is -0.334. The van der Waals surface area contributed by atoms with Gasteiger partial charge in [-0.1, -0.05) is 20.8 Å². The molecule has 1 saturated heterocycles. The van der Waals surface area contributed by atoms with E-state index in [1.54, 1.807) is 17.0 Å². The van der Waals surface area contributed by atoms with Crippen molar-refractivity contribution >= 4 is 17.6 Å². The maximum atomic E-state index is 13.1. The van der Waals surface area contributed by atoms with Crippen molar-refractivity contribution in [2.24, 2.45) is 11.3 Å². The minimum absolute atomic E-state index is 0.0608. The number of nitrogens with one attached hydrogen (secondary N) is 2. The number of rotatable bonds is 3. The van der Waals surface area contributed by atoms with Crippen LogP contribution in [0.15, 0.2) is 24.3 Å². The van der Waals surface area contributed by atoms with Gasteiger partial charge in [0.1, 0.15) is 5.82 Å². The molecule has 1 aromatic carbocycles. The lowest BCUT2D eigenvalue weighted by Crippen LogP contribution is -2.50. The highest BCUT2D eigenvalue weighted by molar-refractivity contribution is 5.96. The third kappa shape index (κ3) is 4.54. The van der Waals surface area contributed by atoms with Crippen LogP contribution in [0.4, 0.5) is 14.9 Å². The van der Waals surface area contributed by atoms with E-state index in [1.165, 1.54) is 18.6 Å². The second kappa shape index (κ2) is 7.25. The van der Waals surface area contributed by atoms with Crippen LogP contribution < -0.4 is 15.5 Å². The van der Waals surface area contributed by atoms with Crippen LogP contribution >= 0.6 is 0 Å². The molecule has 2 N–H and O–H groups in total. The van der Waals surface area contributed by atoms with Crippen molar-refractivity contribution in [3.05, 3.63) is 30.1 Å². The third-order valence-electron chi connectivity index (χ3n) is 5.32. The van der Waals surface area contributed by atoms with E-state index < -0.39 is 0 Å². The predicted molar refractivity (Wildman–Crippen MR) is 99.4 cm³/mol. The Morgan fingerprint density at radius 2 is 1.81 bits per heavy atom. The SMILES string of the molecule is C[C@H]1C[C@@H](NC(=O)N[C@@H]2CC(=O)N(c3ccc(F)cc3)C2)CC(C)(C)C1. The number of amides is 3. The lowest BCUT2D eigenvalue weighted by molar-refractivity contribution is -0.117. The van der Waals surface area contributed by atoms with Crippen molar-refractivity contribution in [3.63, 3.8) is 0 Å². The van der Waals surface area contributed by atoms with Gasteiger partial charge in [-0.25, -0.2) is 9.18 Å². The smallest absolute Gasteiger partial charge is 0.315 e. The molecule has 3 rings (SSSR count). The number of carbonyl (C=O) groups excluding carboxylic acids is 2. The van der Waals surface area contributed by atoms with Crippen molar-refractivity contribution in [1.29, 1.82) is 0 Å².